The molecule has 6 nitrogen and oxygen atoms in total. The highest BCUT2D eigenvalue weighted by atomic mass is 19.1. The first kappa shape index (κ1) is 13.0. The van der Waals surface area contributed by atoms with E-state index in [2.05, 4.69) is 20.5 Å². The van der Waals surface area contributed by atoms with Crippen LogP contribution in [0.3, 0.4) is 0 Å². The molecule has 0 saturated heterocycles. The van der Waals surface area contributed by atoms with E-state index in [-0.39, 0.29) is 24.1 Å². The first-order valence-electron chi connectivity index (χ1n) is 5.69. The molecule has 2 aromatic rings. The van der Waals surface area contributed by atoms with Crippen molar-refractivity contribution in [2.75, 3.05) is 5.73 Å². The Kier molecular flexibility index (Phi) is 3.46. The molecule has 0 fully saturated rings. The van der Waals surface area contributed by atoms with Crippen LogP contribution in [0.5, 0.6) is 0 Å². The standard InChI is InChI=1S/C12H14FN5O/c1-6-3-8(4-7(2)9(6)13)5-15-11(19)10-16-12(14)18-17-10/h3-4H,5H2,1-2H3,(H,15,19)(H3,14,16,17,18). The van der Waals surface area contributed by atoms with Gasteiger partial charge in [0.15, 0.2) is 0 Å². The van der Waals surface area contributed by atoms with Gasteiger partial charge < -0.3 is 11.1 Å². The van der Waals surface area contributed by atoms with E-state index < -0.39 is 5.91 Å². The summed E-state index contributed by atoms with van der Waals surface area (Å²) in [5.74, 6) is -0.575. The van der Waals surface area contributed by atoms with Crippen LogP contribution in [-0.4, -0.2) is 21.1 Å². The Balaban J connectivity index is 2.05. The van der Waals surface area contributed by atoms with Crippen LogP contribution in [0.4, 0.5) is 10.3 Å². The molecule has 0 spiro atoms. The number of aromatic nitrogens is 3. The van der Waals surface area contributed by atoms with Gasteiger partial charge in [-0.15, -0.1) is 5.10 Å². The first-order chi connectivity index (χ1) is 8.97. The highest BCUT2D eigenvalue weighted by Crippen LogP contribution is 2.14. The minimum Gasteiger partial charge on any atom is -0.366 e. The van der Waals surface area contributed by atoms with Crippen LogP contribution in [0.1, 0.15) is 27.3 Å². The maximum atomic E-state index is 13.5. The highest BCUT2D eigenvalue weighted by molar-refractivity contribution is 5.90. The zero-order valence-corrected chi connectivity index (χ0v) is 10.6. The molecule has 0 unspecified atom stereocenters. The topological polar surface area (TPSA) is 96.7 Å². The van der Waals surface area contributed by atoms with Crippen molar-refractivity contribution in [3.8, 4) is 0 Å². The lowest BCUT2D eigenvalue weighted by molar-refractivity contribution is 0.0941. The number of rotatable bonds is 3. The second kappa shape index (κ2) is 5.05. The number of aromatic amines is 1. The molecular weight excluding hydrogens is 249 g/mol. The van der Waals surface area contributed by atoms with Crippen LogP contribution >= 0.6 is 0 Å². The third-order valence-electron chi connectivity index (χ3n) is 2.67. The van der Waals surface area contributed by atoms with Crippen LogP contribution in [0.2, 0.25) is 0 Å². The Morgan fingerprint density at radius 3 is 2.58 bits per heavy atom. The van der Waals surface area contributed by atoms with Gasteiger partial charge in [-0.2, -0.15) is 4.98 Å². The summed E-state index contributed by atoms with van der Waals surface area (Å²) < 4.78 is 13.5. The SMILES string of the molecule is Cc1cc(CNC(=O)c2nc(N)n[nH]2)cc(C)c1F. The van der Waals surface area contributed by atoms with Crippen molar-refractivity contribution in [1.82, 2.24) is 20.5 Å². The van der Waals surface area contributed by atoms with Crippen molar-refractivity contribution >= 4 is 11.9 Å². The molecule has 0 saturated carbocycles. The monoisotopic (exact) mass is 263 g/mol. The lowest BCUT2D eigenvalue weighted by atomic mass is 10.1. The lowest BCUT2D eigenvalue weighted by Crippen LogP contribution is -2.24. The van der Waals surface area contributed by atoms with E-state index in [1.54, 1.807) is 26.0 Å². The summed E-state index contributed by atoms with van der Waals surface area (Å²) in [7, 11) is 0. The molecule has 0 aliphatic rings. The molecule has 0 atom stereocenters. The number of benzene rings is 1. The number of aryl methyl sites for hydroxylation is 2. The second-order valence-corrected chi connectivity index (χ2v) is 4.27. The molecule has 100 valence electrons. The number of hydrogen-bond acceptors (Lipinski definition) is 4. The van der Waals surface area contributed by atoms with E-state index in [0.717, 1.165) is 5.56 Å². The van der Waals surface area contributed by atoms with Crippen molar-refractivity contribution in [3.63, 3.8) is 0 Å². The third kappa shape index (κ3) is 2.87. The number of hydrogen-bond donors (Lipinski definition) is 3. The zero-order chi connectivity index (χ0) is 14.0. The Hall–Kier alpha value is -2.44. The zero-order valence-electron chi connectivity index (χ0n) is 10.6. The summed E-state index contributed by atoms with van der Waals surface area (Å²) in [6.45, 7) is 3.65. The van der Waals surface area contributed by atoms with Crippen molar-refractivity contribution < 1.29 is 9.18 Å². The van der Waals surface area contributed by atoms with Crippen molar-refractivity contribution in [2.24, 2.45) is 0 Å². The summed E-state index contributed by atoms with van der Waals surface area (Å²) in [4.78, 5) is 15.4. The molecule has 0 aliphatic carbocycles. The number of carbonyl (C=O) groups is 1. The molecule has 1 heterocycles. The number of nitrogens with zero attached hydrogens (tertiary/aromatic N) is 2. The molecule has 1 aromatic carbocycles. The summed E-state index contributed by atoms with van der Waals surface area (Å²) >= 11 is 0. The Bertz CT molecular complexity index is 599. The van der Waals surface area contributed by atoms with Gasteiger partial charge >= 0.3 is 0 Å². The maximum Gasteiger partial charge on any atom is 0.288 e. The molecule has 1 amide bonds. The summed E-state index contributed by atoms with van der Waals surface area (Å²) in [5, 5.41) is 8.63. The van der Waals surface area contributed by atoms with E-state index in [9.17, 15) is 9.18 Å². The molecule has 4 N–H and O–H groups in total. The normalized spacial score (nSPS) is 10.5. The van der Waals surface area contributed by atoms with E-state index in [0.29, 0.717) is 11.1 Å². The van der Waals surface area contributed by atoms with Crippen LogP contribution in [0, 0.1) is 19.7 Å². The molecular formula is C12H14FN5O. The molecule has 7 heteroatoms. The predicted molar refractivity (Wildman–Crippen MR) is 67.8 cm³/mol. The maximum absolute atomic E-state index is 13.5. The second-order valence-electron chi connectivity index (χ2n) is 4.27. The van der Waals surface area contributed by atoms with Gasteiger partial charge in [-0.3, -0.25) is 9.89 Å². The van der Waals surface area contributed by atoms with Gasteiger partial charge in [-0.25, -0.2) is 4.39 Å². The van der Waals surface area contributed by atoms with E-state index >= 15 is 0 Å². The Morgan fingerprint density at radius 1 is 1.42 bits per heavy atom. The number of nitrogens with two attached hydrogens (primary N) is 1. The minimum atomic E-state index is -0.413. The van der Waals surface area contributed by atoms with E-state index in [4.69, 9.17) is 5.73 Å². The molecule has 0 bridgehead atoms. The molecule has 19 heavy (non-hydrogen) atoms. The Morgan fingerprint density at radius 2 is 2.05 bits per heavy atom. The van der Waals surface area contributed by atoms with E-state index in [1.807, 2.05) is 0 Å². The number of nitrogen functional groups attached to an aromatic ring is 1. The van der Waals surface area contributed by atoms with Crippen LogP contribution in [0.25, 0.3) is 0 Å². The summed E-state index contributed by atoms with van der Waals surface area (Å²) in [5.41, 5.74) is 7.22. The fourth-order valence-electron chi connectivity index (χ4n) is 1.78. The Labute approximate surface area is 109 Å². The number of nitrogens with one attached hydrogen (secondary N) is 2. The smallest absolute Gasteiger partial charge is 0.288 e. The average molecular weight is 263 g/mol. The van der Waals surface area contributed by atoms with Crippen molar-refractivity contribution in [2.45, 2.75) is 20.4 Å². The molecule has 0 aliphatic heterocycles. The number of halogens is 1. The average Bonchev–Trinajstić information content (AvgIpc) is 2.79. The number of carbonyl (C=O) groups excluding carboxylic acids is 1. The predicted octanol–water partition coefficient (Wildman–Crippen LogP) is 1.07. The number of amides is 1. The summed E-state index contributed by atoms with van der Waals surface area (Å²) in [6, 6.07) is 3.38. The van der Waals surface area contributed by atoms with Gasteiger partial charge in [0.25, 0.3) is 5.91 Å². The number of anilines is 1. The van der Waals surface area contributed by atoms with Gasteiger partial charge in [-0.1, -0.05) is 12.1 Å². The molecule has 0 radical (unpaired) electrons. The van der Waals surface area contributed by atoms with E-state index in [1.165, 1.54) is 0 Å². The van der Waals surface area contributed by atoms with Crippen molar-refractivity contribution in [1.29, 1.82) is 0 Å². The molecule has 1 aromatic heterocycles. The first-order valence-corrected chi connectivity index (χ1v) is 5.69. The quantitative estimate of drug-likeness (QED) is 0.771. The van der Waals surface area contributed by atoms with Gasteiger partial charge in [0.05, 0.1) is 0 Å². The van der Waals surface area contributed by atoms with Crippen LogP contribution in [-0.2, 0) is 6.54 Å². The van der Waals surface area contributed by atoms with Gasteiger partial charge in [0.1, 0.15) is 5.82 Å². The van der Waals surface area contributed by atoms with Crippen molar-refractivity contribution in [3.05, 3.63) is 40.5 Å². The fourth-order valence-corrected chi connectivity index (χ4v) is 1.78. The lowest BCUT2D eigenvalue weighted by Gasteiger charge is -2.07. The largest absolute Gasteiger partial charge is 0.366 e. The number of H-pyrrole nitrogens is 1. The van der Waals surface area contributed by atoms with Gasteiger partial charge in [0.2, 0.25) is 11.8 Å². The van der Waals surface area contributed by atoms with Gasteiger partial charge in [0, 0.05) is 6.54 Å². The van der Waals surface area contributed by atoms with Gasteiger partial charge in [-0.05, 0) is 30.5 Å². The van der Waals surface area contributed by atoms with Crippen LogP contribution < -0.4 is 11.1 Å². The van der Waals surface area contributed by atoms with Crippen LogP contribution in [0.15, 0.2) is 12.1 Å². The third-order valence-corrected chi connectivity index (χ3v) is 2.67. The fraction of sp³-hybridized carbons (Fsp3) is 0.250. The summed E-state index contributed by atoms with van der Waals surface area (Å²) in [6.07, 6.45) is 0. The minimum absolute atomic E-state index is 0.0126. The molecule has 2 rings (SSSR count). The highest BCUT2D eigenvalue weighted by Gasteiger charge is 2.11.